The van der Waals surface area contributed by atoms with Gasteiger partial charge in [0, 0.05) is 66.5 Å². The number of methoxy groups -OCH3 is 4. The first kappa shape index (κ1) is 47.2. The van der Waals surface area contributed by atoms with Gasteiger partial charge in [-0.3, -0.25) is 0 Å². The molecule has 7 aliphatic heterocycles. The highest BCUT2D eigenvalue weighted by Gasteiger charge is 2.56. The van der Waals surface area contributed by atoms with Crippen LogP contribution < -0.4 is 0 Å². The summed E-state index contributed by atoms with van der Waals surface area (Å²) in [5.74, 6) is -2.63. The standard InChI is InChI=1S/C48H76O13/c1-29-25-37(59-48(27-29)39(52-8)16-15-35(58-48)28-45(6,54-10)44(49)50)30(2)13-14-34-18-22-47(57-34)23-19-36-43(61-47)42(53-9)33(5)41(56-36)38(51-7)26-32(4)40-31(3)17-21-46(60-40)20-11-12-24-55-46/h13-14,27,30-32,34-43H,5,11-12,15-26,28H2,1-4,6-10H3,(H,49,50). The Hall–Kier alpha value is -1.75. The average molecular weight is 861 g/mol. The van der Waals surface area contributed by atoms with E-state index in [2.05, 4.69) is 46.4 Å². The molecule has 0 aromatic heterocycles. The summed E-state index contributed by atoms with van der Waals surface area (Å²) in [6, 6.07) is 0. The fraction of sp³-hybridized carbons (Fsp3) is 0.854. The van der Waals surface area contributed by atoms with Crippen molar-refractivity contribution in [2.75, 3.05) is 35.0 Å². The fourth-order valence-corrected chi connectivity index (χ4v) is 11.4. The maximum absolute atomic E-state index is 12.1. The molecule has 3 spiro atoms. The first-order valence-corrected chi connectivity index (χ1v) is 23.2. The van der Waals surface area contributed by atoms with E-state index in [0.29, 0.717) is 25.2 Å². The lowest BCUT2D eigenvalue weighted by Gasteiger charge is -2.51. The number of carbonyl (C=O) groups is 1. The van der Waals surface area contributed by atoms with Crippen LogP contribution in [-0.2, 0) is 56.9 Å². The van der Waals surface area contributed by atoms with Crippen molar-refractivity contribution in [3.63, 3.8) is 0 Å². The van der Waals surface area contributed by atoms with E-state index in [-0.39, 0.29) is 79.3 Å². The Labute approximate surface area is 364 Å². The van der Waals surface area contributed by atoms with Crippen LogP contribution in [0.2, 0.25) is 0 Å². The van der Waals surface area contributed by atoms with Crippen molar-refractivity contribution >= 4 is 5.97 Å². The van der Waals surface area contributed by atoms with Gasteiger partial charge in [-0.05, 0) is 95.1 Å². The molecular weight excluding hydrogens is 785 g/mol. The second-order valence-corrected chi connectivity index (χ2v) is 19.7. The molecule has 0 aromatic carbocycles. The van der Waals surface area contributed by atoms with E-state index in [1.165, 1.54) is 7.11 Å². The quantitative estimate of drug-likeness (QED) is 0.170. The van der Waals surface area contributed by atoms with Gasteiger partial charge in [-0.15, -0.1) is 0 Å². The molecule has 346 valence electrons. The third kappa shape index (κ3) is 9.93. The molecule has 7 rings (SSSR count). The molecule has 7 heterocycles. The molecule has 0 amide bonds. The average Bonchev–Trinajstić information content (AvgIpc) is 3.64. The third-order valence-corrected chi connectivity index (χ3v) is 15.2. The molecule has 1 N–H and O–H groups in total. The Bertz CT molecular complexity index is 1580. The molecule has 6 saturated heterocycles. The Morgan fingerprint density at radius 2 is 1.74 bits per heavy atom. The summed E-state index contributed by atoms with van der Waals surface area (Å²) in [7, 11) is 6.58. The van der Waals surface area contributed by atoms with Crippen molar-refractivity contribution in [3.8, 4) is 0 Å². The minimum absolute atomic E-state index is 0.0259. The summed E-state index contributed by atoms with van der Waals surface area (Å²) in [6.45, 7) is 15.7. The smallest absolute Gasteiger partial charge is 0.335 e. The van der Waals surface area contributed by atoms with Gasteiger partial charge in [-0.25, -0.2) is 4.79 Å². The predicted molar refractivity (Wildman–Crippen MR) is 227 cm³/mol. The summed E-state index contributed by atoms with van der Waals surface area (Å²) >= 11 is 0. The van der Waals surface area contributed by atoms with E-state index in [1.807, 2.05) is 6.08 Å². The molecule has 17 unspecified atom stereocenters. The lowest BCUT2D eigenvalue weighted by Crippen LogP contribution is -2.60. The van der Waals surface area contributed by atoms with E-state index >= 15 is 0 Å². The van der Waals surface area contributed by atoms with Crippen LogP contribution in [-0.4, -0.2) is 130 Å². The van der Waals surface area contributed by atoms with E-state index in [9.17, 15) is 9.90 Å². The number of carboxylic acid groups (broad SMARTS) is 1. The van der Waals surface area contributed by atoms with Gasteiger partial charge < -0.3 is 57.2 Å². The summed E-state index contributed by atoms with van der Waals surface area (Å²) in [5.41, 5.74) is 0.605. The van der Waals surface area contributed by atoms with E-state index < -0.39 is 28.9 Å². The second kappa shape index (κ2) is 19.4. The Morgan fingerprint density at radius 1 is 0.967 bits per heavy atom. The number of ether oxygens (including phenoxy) is 11. The van der Waals surface area contributed by atoms with Crippen LogP contribution in [0.4, 0.5) is 0 Å². The van der Waals surface area contributed by atoms with Gasteiger partial charge in [0.2, 0.25) is 5.79 Å². The van der Waals surface area contributed by atoms with Crippen LogP contribution in [0.25, 0.3) is 0 Å². The van der Waals surface area contributed by atoms with Gasteiger partial charge >= 0.3 is 5.97 Å². The first-order valence-electron chi connectivity index (χ1n) is 23.2. The van der Waals surface area contributed by atoms with Crippen molar-refractivity contribution in [2.45, 2.75) is 209 Å². The molecule has 0 saturated carbocycles. The highest BCUT2D eigenvalue weighted by Crippen LogP contribution is 2.48. The Balaban J connectivity index is 0.955. The molecule has 0 aliphatic carbocycles. The van der Waals surface area contributed by atoms with Crippen LogP contribution in [0.5, 0.6) is 0 Å². The maximum atomic E-state index is 12.1. The predicted octanol–water partition coefficient (Wildman–Crippen LogP) is 7.83. The second-order valence-electron chi connectivity index (χ2n) is 19.7. The van der Waals surface area contributed by atoms with E-state index in [1.54, 1.807) is 28.3 Å². The zero-order valence-corrected chi connectivity index (χ0v) is 38.4. The van der Waals surface area contributed by atoms with Gasteiger partial charge in [-0.1, -0.05) is 45.1 Å². The highest BCUT2D eigenvalue weighted by molar-refractivity contribution is 5.76. The molecule has 13 heteroatoms. The van der Waals surface area contributed by atoms with E-state index in [0.717, 1.165) is 82.0 Å². The first-order chi connectivity index (χ1) is 29.1. The maximum Gasteiger partial charge on any atom is 0.335 e. The summed E-state index contributed by atoms with van der Waals surface area (Å²) in [5, 5.41) is 9.87. The van der Waals surface area contributed by atoms with Gasteiger partial charge in [0.1, 0.15) is 24.4 Å². The highest BCUT2D eigenvalue weighted by atomic mass is 16.7. The monoisotopic (exact) mass is 861 g/mol. The number of carboxylic acids is 1. The van der Waals surface area contributed by atoms with Crippen molar-refractivity contribution in [3.05, 3.63) is 36.0 Å². The Kier molecular flexibility index (Phi) is 15.0. The van der Waals surface area contributed by atoms with Crippen LogP contribution >= 0.6 is 0 Å². The van der Waals surface area contributed by atoms with Gasteiger partial charge in [0.25, 0.3) is 0 Å². The minimum atomic E-state index is -1.37. The van der Waals surface area contributed by atoms with Gasteiger partial charge in [0.15, 0.2) is 17.2 Å². The third-order valence-electron chi connectivity index (χ3n) is 15.2. The molecule has 17 atom stereocenters. The van der Waals surface area contributed by atoms with Crippen LogP contribution in [0, 0.1) is 17.8 Å². The summed E-state index contributed by atoms with van der Waals surface area (Å²) in [6.07, 6.45) is 15.3. The number of hydrogen-bond acceptors (Lipinski definition) is 12. The summed E-state index contributed by atoms with van der Waals surface area (Å²) in [4.78, 5) is 12.1. The van der Waals surface area contributed by atoms with Gasteiger partial charge in [0.05, 0.1) is 43.2 Å². The normalized spacial score (nSPS) is 43.2. The largest absolute Gasteiger partial charge is 0.479 e. The number of hydrogen-bond donors (Lipinski definition) is 1. The number of aliphatic carboxylic acids is 1. The zero-order chi connectivity index (χ0) is 43.7. The lowest BCUT2D eigenvalue weighted by atomic mass is 9.79. The van der Waals surface area contributed by atoms with Crippen LogP contribution in [0.1, 0.15) is 125 Å². The van der Waals surface area contributed by atoms with Crippen molar-refractivity contribution < 1.29 is 62.0 Å². The van der Waals surface area contributed by atoms with Crippen molar-refractivity contribution in [1.29, 1.82) is 0 Å². The number of fused-ring (bicyclic) bond motifs is 1. The Morgan fingerprint density at radius 3 is 2.43 bits per heavy atom. The summed E-state index contributed by atoms with van der Waals surface area (Å²) < 4.78 is 70.8. The molecule has 0 bridgehead atoms. The van der Waals surface area contributed by atoms with Crippen LogP contribution in [0.3, 0.4) is 0 Å². The molecule has 7 aliphatic rings. The SMILES string of the molecule is C=C1C(C(CC(C)C2OC3(CCCCO3)CCC2C)OC)OC2CCC3(CCC(C=CC(C)C4CC(C)=CC5(OC(CC(C)(OC)C(=O)O)CCC5OC)O4)O3)OC2C1OC. The van der Waals surface area contributed by atoms with E-state index in [4.69, 9.17) is 52.1 Å². The molecule has 13 nitrogen and oxygen atoms in total. The molecule has 0 radical (unpaired) electrons. The molecule has 0 aromatic rings. The van der Waals surface area contributed by atoms with Crippen LogP contribution in [0.15, 0.2) is 36.0 Å². The lowest BCUT2D eigenvalue weighted by molar-refractivity contribution is -0.324. The number of rotatable bonds is 14. The zero-order valence-electron chi connectivity index (χ0n) is 38.4. The molecular formula is C48H76O13. The topological polar surface area (TPSA) is 139 Å². The van der Waals surface area contributed by atoms with Crippen molar-refractivity contribution in [2.24, 2.45) is 17.8 Å². The molecule has 61 heavy (non-hydrogen) atoms. The molecule has 6 fully saturated rings. The van der Waals surface area contributed by atoms with Crippen molar-refractivity contribution in [1.82, 2.24) is 0 Å². The van der Waals surface area contributed by atoms with Gasteiger partial charge in [-0.2, -0.15) is 0 Å². The minimum Gasteiger partial charge on any atom is -0.479 e. The fourth-order valence-electron chi connectivity index (χ4n) is 11.4.